The van der Waals surface area contributed by atoms with E-state index in [1.807, 2.05) is 20.0 Å². The van der Waals surface area contributed by atoms with E-state index in [2.05, 4.69) is 29.2 Å². The molecule has 1 amide bonds. The average molecular weight is 368 g/mol. The van der Waals surface area contributed by atoms with Crippen molar-refractivity contribution in [3.8, 4) is 0 Å². The second kappa shape index (κ2) is 9.03. The Hall–Kier alpha value is -2.36. The molecule has 1 atom stereocenters. The molecule has 27 heavy (non-hydrogen) atoms. The van der Waals surface area contributed by atoms with Crippen LogP contribution in [0, 0.1) is 11.7 Å². The van der Waals surface area contributed by atoms with Crippen molar-refractivity contribution in [3.63, 3.8) is 0 Å². The van der Waals surface area contributed by atoms with Crippen LogP contribution >= 0.6 is 0 Å². The monoisotopic (exact) mass is 368 g/mol. The first kappa shape index (κ1) is 19.4. The highest BCUT2D eigenvalue weighted by Crippen LogP contribution is 2.21. The highest BCUT2D eigenvalue weighted by Gasteiger charge is 2.18. The largest absolute Gasteiger partial charge is 0.372 e. The zero-order valence-corrected chi connectivity index (χ0v) is 16.3. The zero-order chi connectivity index (χ0) is 19.2. The number of carbonyl (C=O) groups is 1. The molecule has 1 unspecified atom stereocenters. The van der Waals surface area contributed by atoms with E-state index in [9.17, 15) is 9.18 Å². The van der Waals surface area contributed by atoms with E-state index < -0.39 is 0 Å². The van der Waals surface area contributed by atoms with Crippen LogP contribution in [0.2, 0.25) is 0 Å². The van der Waals surface area contributed by atoms with Gasteiger partial charge in [-0.15, -0.1) is 0 Å². The maximum Gasteiger partial charge on any atom is 0.225 e. The minimum Gasteiger partial charge on any atom is -0.372 e. The van der Waals surface area contributed by atoms with Crippen LogP contribution in [-0.2, 0) is 17.8 Å². The second-order valence-electron chi connectivity index (χ2n) is 7.64. The molecule has 0 N–H and O–H groups in total. The van der Waals surface area contributed by atoms with Gasteiger partial charge in [0.2, 0.25) is 5.91 Å². The molecule has 4 heteroatoms. The molecule has 0 aliphatic carbocycles. The molecule has 1 aliphatic heterocycles. The van der Waals surface area contributed by atoms with Gasteiger partial charge in [0, 0.05) is 38.3 Å². The molecule has 0 saturated carbocycles. The van der Waals surface area contributed by atoms with Gasteiger partial charge in [-0.2, -0.15) is 0 Å². The first-order valence-electron chi connectivity index (χ1n) is 9.86. The Morgan fingerprint density at radius 1 is 1.07 bits per heavy atom. The highest BCUT2D eigenvalue weighted by molar-refractivity contribution is 5.78. The smallest absolute Gasteiger partial charge is 0.225 e. The summed E-state index contributed by atoms with van der Waals surface area (Å²) in [4.78, 5) is 16.9. The zero-order valence-electron chi connectivity index (χ0n) is 16.3. The number of carbonyl (C=O) groups excluding carboxylic acids is 1. The topological polar surface area (TPSA) is 23.6 Å². The quantitative estimate of drug-likeness (QED) is 0.741. The van der Waals surface area contributed by atoms with Gasteiger partial charge >= 0.3 is 0 Å². The fraction of sp³-hybridized carbons (Fsp3) is 0.435. The molecule has 1 fully saturated rings. The summed E-state index contributed by atoms with van der Waals surface area (Å²) in [5.74, 6) is -0.349. The number of piperidine rings is 1. The van der Waals surface area contributed by atoms with Gasteiger partial charge in [-0.25, -0.2) is 4.39 Å². The Bertz CT molecular complexity index is 753. The van der Waals surface area contributed by atoms with Crippen LogP contribution in [0.5, 0.6) is 0 Å². The van der Waals surface area contributed by atoms with Gasteiger partial charge in [0.05, 0.1) is 0 Å². The molecule has 1 saturated heterocycles. The van der Waals surface area contributed by atoms with Crippen LogP contribution in [0.3, 0.4) is 0 Å². The molecular weight excluding hydrogens is 339 g/mol. The van der Waals surface area contributed by atoms with Crippen LogP contribution in [0.15, 0.2) is 48.5 Å². The van der Waals surface area contributed by atoms with Crippen molar-refractivity contribution in [1.29, 1.82) is 0 Å². The Kier molecular flexibility index (Phi) is 6.49. The lowest BCUT2D eigenvalue weighted by Gasteiger charge is -2.29. The van der Waals surface area contributed by atoms with Gasteiger partial charge in [0.1, 0.15) is 5.82 Å². The molecule has 0 aromatic heterocycles. The molecule has 1 aliphatic rings. The fourth-order valence-electron chi connectivity index (χ4n) is 3.80. The van der Waals surface area contributed by atoms with E-state index in [-0.39, 0.29) is 17.6 Å². The summed E-state index contributed by atoms with van der Waals surface area (Å²) in [5.41, 5.74) is 3.26. The van der Waals surface area contributed by atoms with E-state index in [4.69, 9.17) is 0 Å². The Labute approximate surface area is 161 Å². The van der Waals surface area contributed by atoms with Gasteiger partial charge < -0.3 is 9.80 Å². The van der Waals surface area contributed by atoms with Gasteiger partial charge in [-0.05, 0) is 61.1 Å². The summed E-state index contributed by atoms with van der Waals surface area (Å²) in [6.45, 7) is 4.76. The molecule has 0 radical (unpaired) electrons. The van der Waals surface area contributed by atoms with Crippen molar-refractivity contribution < 1.29 is 9.18 Å². The lowest BCUT2D eigenvalue weighted by molar-refractivity contribution is -0.134. The molecule has 1 heterocycles. The number of anilines is 1. The summed E-state index contributed by atoms with van der Waals surface area (Å²) in [6, 6.07) is 15.0. The molecule has 0 bridgehead atoms. The minimum atomic E-state index is -0.255. The summed E-state index contributed by atoms with van der Waals surface area (Å²) < 4.78 is 13.3. The number of amides is 1. The Morgan fingerprint density at radius 2 is 1.78 bits per heavy atom. The number of hydrogen-bond donors (Lipinski definition) is 0. The van der Waals surface area contributed by atoms with Gasteiger partial charge in [-0.1, -0.05) is 31.2 Å². The van der Waals surface area contributed by atoms with E-state index >= 15 is 0 Å². The van der Waals surface area contributed by atoms with Crippen LogP contribution in [0.4, 0.5) is 10.1 Å². The number of halogens is 1. The molecule has 0 spiro atoms. The maximum absolute atomic E-state index is 13.3. The van der Waals surface area contributed by atoms with E-state index in [1.54, 1.807) is 11.0 Å². The Balaban J connectivity index is 1.55. The number of rotatable bonds is 6. The van der Waals surface area contributed by atoms with Crippen molar-refractivity contribution >= 4 is 11.6 Å². The summed E-state index contributed by atoms with van der Waals surface area (Å²) in [7, 11) is 1.84. The summed E-state index contributed by atoms with van der Waals surface area (Å²) in [5, 5.41) is 0. The van der Waals surface area contributed by atoms with Crippen LogP contribution in [-0.4, -0.2) is 30.9 Å². The van der Waals surface area contributed by atoms with E-state index in [0.29, 0.717) is 13.0 Å². The van der Waals surface area contributed by atoms with Crippen molar-refractivity contribution in [2.24, 2.45) is 5.92 Å². The predicted octanol–water partition coefficient (Wildman–Crippen LogP) is 4.65. The molecule has 3 rings (SSSR count). The normalized spacial score (nSPS) is 15.4. The minimum absolute atomic E-state index is 0.0827. The van der Waals surface area contributed by atoms with E-state index in [0.717, 1.165) is 24.2 Å². The second-order valence-corrected chi connectivity index (χ2v) is 7.64. The van der Waals surface area contributed by atoms with Crippen LogP contribution < -0.4 is 4.90 Å². The van der Waals surface area contributed by atoms with Crippen molar-refractivity contribution in [2.45, 2.75) is 39.2 Å². The SMILES string of the molecule is CC(Cc1cccc(F)c1)C(=O)N(C)Cc1ccc(N2CCCCC2)cc1. The van der Waals surface area contributed by atoms with Gasteiger partial charge in [-0.3, -0.25) is 4.79 Å². The van der Waals surface area contributed by atoms with Gasteiger partial charge in [0.15, 0.2) is 0 Å². The fourth-order valence-corrected chi connectivity index (χ4v) is 3.80. The van der Waals surface area contributed by atoms with E-state index in [1.165, 1.54) is 37.1 Å². The molecule has 144 valence electrons. The maximum atomic E-state index is 13.3. The standard InChI is InChI=1S/C23H29FN2O/c1-18(15-20-7-6-8-21(24)16-20)23(27)25(2)17-19-9-11-22(12-10-19)26-13-4-3-5-14-26/h6-12,16,18H,3-5,13-15,17H2,1-2H3. The molecule has 2 aromatic carbocycles. The number of hydrogen-bond acceptors (Lipinski definition) is 2. The third-order valence-electron chi connectivity index (χ3n) is 5.31. The lowest BCUT2D eigenvalue weighted by atomic mass is 9.99. The lowest BCUT2D eigenvalue weighted by Crippen LogP contribution is -2.32. The van der Waals surface area contributed by atoms with Gasteiger partial charge in [0.25, 0.3) is 0 Å². The summed E-state index contributed by atoms with van der Waals surface area (Å²) in [6.07, 6.45) is 4.41. The first-order valence-corrected chi connectivity index (χ1v) is 9.86. The molecule has 3 nitrogen and oxygen atoms in total. The van der Waals surface area contributed by atoms with Crippen molar-refractivity contribution in [2.75, 3.05) is 25.0 Å². The summed E-state index contributed by atoms with van der Waals surface area (Å²) >= 11 is 0. The van der Waals surface area contributed by atoms with Crippen molar-refractivity contribution in [3.05, 3.63) is 65.5 Å². The molecular formula is C23H29FN2O. The van der Waals surface area contributed by atoms with Crippen molar-refractivity contribution in [1.82, 2.24) is 4.90 Å². The Morgan fingerprint density at radius 3 is 2.44 bits per heavy atom. The molecule has 2 aromatic rings. The average Bonchev–Trinajstić information content (AvgIpc) is 2.68. The van der Waals surface area contributed by atoms with Crippen LogP contribution in [0.1, 0.15) is 37.3 Å². The number of nitrogens with zero attached hydrogens (tertiary/aromatic N) is 2. The first-order chi connectivity index (χ1) is 13.0. The van der Waals surface area contributed by atoms with Crippen LogP contribution in [0.25, 0.3) is 0 Å². The highest BCUT2D eigenvalue weighted by atomic mass is 19.1. The number of benzene rings is 2. The third kappa shape index (κ3) is 5.31. The predicted molar refractivity (Wildman–Crippen MR) is 108 cm³/mol. The third-order valence-corrected chi connectivity index (χ3v) is 5.31.